The molecule has 1 fully saturated rings. The summed E-state index contributed by atoms with van der Waals surface area (Å²) in [4.78, 5) is 25.9. The Hall–Kier alpha value is -1.70. The van der Waals surface area contributed by atoms with Crippen molar-refractivity contribution in [1.29, 1.82) is 0 Å². The molecule has 23 heavy (non-hydrogen) atoms. The second-order valence-corrected chi connectivity index (χ2v) is 6.90. The molecule has 3 N–H and O–H groups in total. The van der Waals surface area contributed by atoms with E-state index in [2.05, 4.69) is 10.4 Å². The Balaban J connectivity index is 2.03. The molecule has 2 unspecified atom stereocenters. The summed E-state index contributed by atoms with van der Waals surface area (Å²) in [5.41, 5.74) is 6.33. The lowest BCUT2D eigenvalue weighted by Gasteiger charge is -2.29. The van der Waals surface area contributed by atoms with Gasteiger partial charge in [-0.1, -0.05) is 0 Å². The normalized spacial score (nSPS) is 18.9. The van der Waals surface area contributed by atoms with E-state index in [-0.39, 0.29) is 11.9 Å². The third-order valence-corrected chi connectivity index (χ3v) is 4.69. The summed E-state index contributed by atoms with van der Waals surface area (Å²) >= 11 is 1.65. The number of rotatable bonds is 7. The number of carbonyl (C=O) groups is 2. The van der Waals surface area contributed by atoms with Gasteiger partial charge in [0.1, 0.15) is 6.04 Å². The number of aromatic nitrogens is 2. The molecule has 3 amide bonds. The zero-order chi connectivity index (χ0) is 16.8. The number of nitrogens with zero attached hydrogens (tertiary/aromatic N) is 3. The first kappa shape index (κ1) is 17.7. The monoisotopic (exact) mass is 339 g/mol. The van der Waals surface area contributed by atoms with Gasteiger partial charge in [0.15, 0.2) is 0 Å². The van der Waals surface area contributed by atoms with Gasteiger partial charge in [0.05, 0.1) is 18.8 Å². The van der Waals surface area contributed by atoms with Crippen LogP contribution in [-0.4, -0.2) is 57.3 Å². The molecule has 7 nitrogen and oxygen atoms in total. The van der Waals surface area contributed by atoms with Crippen molar-refractivity contribution < 1.29 is 9.59 Å². The number of nitrogens with one attached hydrogen (secondary N) is 1. The van der Waals surface area contributed by atoms with Crippen LogP contribution < -0.4 is 11.1 Å². The third kappa shape index (κ3) is 4.89. The molecule has 0 aromatic carbocycles. The quantitative estimate of drug-likeness (QED) is 0.774. The summed E-state index contributed by atoms with van der Waals surface area (Å²) in [6.45, 7) is 3.40. The Morgan fingerprint density at radius 3 is 2.96 bits per heavy atom. The number of nitrogens with two attached hydrogens (primary N) is 1. The molecule has 1 aliphatic rings. The standard InChI is InChI=1S/C15H25N5O2S/c1-11-8-17-19(9-11)10-12-4-3-6-20(12)14(21)13(5-7-23-2)18-15(16)22/h8-9,12-13H,3-7,10H2,1-2H3,(H3,16,18,22). The molecule has 1 aromatic heterocycles. The number of hydrogen-bond donors (Lipinski definition) is 2. The Morgan fingerprint density at radius 2 is 2.35 bits per heavy atom. The fraction of sp³-hybridized carbons (Fsp3) is 0.667. The molecular weight excluding hydrogens is 314 g/mol. The first-order valence-electron chi connectivity index (χ1n) is 7.85. The molecule has 1 aliphatic heterocycles. The number of carbonyl (C=O) groups excluding carboxylic acids is 2. The molecule has 8 heteroatoms. The van der Waals surface area contributed by atoms with Gasteiger partial charge in [0.2, 0.25) is 5.91 Å². The maximum atomic E-state index is 12.8. The zero-order valence-electron chi connectivity index (χ0n) is 13.7. The molecule has 0 bridgehead atoms. The Morgan fingerprint density at radius 1 is 1.57 bits per heavy atom. The highest BCUT2D eigenvalue weighted by molar-refractivity contribution is 7.98. The number of urea groups is 1. The van der Waals surface area contributed by atoms with Crippen LogP contribution in [0.2, 0.25) is 0 Å². The van der Waals surface area contributed by atoms with Crippen molar-refractivity contribution in [2.45, 2.75) is 44.8 Å². The lowest BCUT2D eigenvalue weighted by atomic mass is 10.1. The molecular formula is C15H25N5O2S. The third-order valence-electron chi connectivity index (χ3n) is 4.05. The van der Waals surface area contributed by atoms with Gasteiger partial charge in [-0.25, -0.2) is 4.79 Å². The number of amides is 3. The largest absolute Gasteiger partial charge is 0.352 e. The average Bonchev–Trinajstić information content (AvgIpc) is 3.12. The predicted octanol–water partition coefficient (Wildman–Crippen LogP) is 0.973. The fourth-order valence-corrected chi connectivity index (χ4v) is 3.43. The predicted molar refractivity (Wildman–Crippen MR) is 91.2 cm³/mol. The smallest absolute Gasteiger partial charge is 0.312 e. The minimum atomic E-state index is -0.650. The van der Waals surface area contributed by atoms with E-state index in [1.165, 1.54) is 0 Å². The van der Waals surface area contributed by atoms with E-state index in [1.54, 1.807) is 11.8 Å². The molecule has 0 radical (unpaired) electrons. The topological polar surface area (TPSA) is 93.2 Å². The molecule has 1 aromatic rings. The van der Waals surface area contributed by atoms with Gasteiger partial charge in [0, 0.05) is 12.7 Å². The minimum absolute atomic E-state index is 0.0378. The maximum Gasteiger partial charge on any atom is 0.312 e. The highest BCUT2D eigenvalue weighted by Gasteiger charge is 2.33. The first-order chi connectivity index (χ1) is 11.0. The average molecular weight is 339 g/mol. The van der Waals surface area contributed by atoms with Crippen molar-refractivity contribution in [2.75, 3.05) is 18.6 Å². The summed E-state index contributed by atoms with van der Waals surface area (Å²) in [6.07, 6.45) is 8.29. The summed E-state index contributed by atoms with van der Waals surface area (Å²) < 4.78 is 1.88. The lowest BCUT2D eigenvalue weighted by Crippen LogP contribution is -2.52. The Bertz CT molecular complexity index is 548. The zero-order valence-corrected chi connectivity index (χ0v) is 14.5. The van der Waals surface area contributed by atoms with Gasteiger partial charge in [-0.05, 0) is 43.8 Å². The second kappa shape index (κ2) is 8.24. The molecule has 2 heterocycles. The van der Waals surface area contributed by atoms with Crippen LogP contribution in [-0.2, 0) is 11.3 Å². The van der Waals surface area contributed by atoms with E-state index < -0.39 is 12.1 Å². The number of aryl methyl sites for hydroxylation is 1. The van der Waals surface area contributed by atoms with E-state index in [0.29, 0.717) is 13.0 Å². The number of likely N-dealkylation sites (tertiary alicyclic amines) is 1. The van der Waals surface area contributed by atoms with Crippen LogP contribution >= 0.6 is 11.8 Å². The molecule has 0 spiro atoms. The van der Waals surface area contributed by atoms with Crippen LogP contribution in [0.1, 0.15) is 24.8 Å². The summed E-state index contributed by atoms with van der Waals surface area (Å²) in [7, 11) is 0. The summed E-state index contributed by atoms with van der Waals surface area (Å²) in [5, 5.41) is 6.89. The summed E-state index contributed by atoms with van der Waals surface area (Å²) in [6, 6.07) is -1.07. The molecule has 0 aliphatic carbocycles. The van der Waals surface area contributed by atoms with Crippen molar-refractivity contribution in [3.8, 4) is 0 Å². The van der Waals surface area contributed by atoms with Crippen LogP contribution in [0.5, 0.6) is 0 Å². The van der Waals surface area contributed by atoms with Crippen LogP contribution in [0.25, 0.3) is 0 Å². The SMILES string of the molecule is CSCCC(NC(N)=O)C(=O)N1CCCC1Cn1cc(C)cn1. The van der Waals surface area contributed by atoms with Gasteiger partial charge in [-0.2, -0.15) is 16.9 Å². The highest BCUT2D eigenvalue weighted by Crippen LogP contribution is 2.21. The van der Waals surface area contributed by atoms with E-state index in [9.17, 15) is 9.59 Å². The van der Waals surface area contributed by atoms with Gasteiger partial charge < -0.3 is 16.0 Å². The fourth-order valence-electron chi connectivity index (χ4n) is 2.96. The van der Waals surface area contributed by atoms with Crippen LogP contribution in [0, 0.1) is 6.92 Å². The lowest BCUT2D eigenvalue weighted by molar-refractivity contribution is -0.134. The molecule has 0 saturated carbocycles. The molecule has 2 rings (SSSR count). The number of thioether (sulfide) groups is 1. The van der Waals surface area contributed by atoms with Crippen molar-refractivity contribution in [2.24, 2.45) is 5.73 Å². The van der Waals surface area contributed by atoms with Crippen LogP contribution in [0.3, 0.4) is 0 Å². The second-order valence-electron chi connectivity index (χ2n) is 5.91. The molecule has 2 atom stereocenters. The van der Waals surface area contributed by atoms with Crippen molar-refractivity contribution in [3.05, 3.63) is 18.0 Å². The highest BCUT2D eigenvalue weighted by atomic mass is 32.2. The molecule has 128 valence electrons. The van der Waals surface area contributed by atoms with Crippen LogP contribution in [0.4, 0.5) is 4.79 Å². The van der Waals surface area contributed by atoms with Gasteiger partial charge >= 0.3 is 6.03 Å². The first-order valence-corrected chi connectivity index (χ1v) is 9.25. The Labute approximate surface area is 141 Å². The van der Waals surface area contributed by atoms with Crippen molar-refractivity contribution >= 4 is 23.7 Å². The van der Waals surface area contributed by atoms with Crippen molar-refractivity contribution in [1.82, 2.24) is 20.0 Å². The van der Waals surface area contributed by atoms with E-state index >= 15 is 0 Å². The van der Waals surface area contributed by atoms with Crippen LogP contribution in [0.15, 0.2) is 12.4 Å². The summed E-state index contributed by atoms with van der Waals surface area (Å²) in [5.74, 6) is 0.761. The minimum Gasteiger partial charge on any atom is -0.352 e. The van der Waals surface area contributed by atoms with E-state index in [1.807, 2.05) is 35.2 Å². The van der Waals surface area contributed by atoms with Gasteiger partial charge in [0.25, 0.3) is 0 Å². The van der Waals surface area contributed by atoms with E-state index in [0.717, 1.165) is 30.7 Å². The van der Waals surface area contributed by atoms with E-state index in [4.69, 9.17) is 5.73 Å². The molecule has 1 saturated heterocycles. The number of primary amides is 1. The van der Waals surface area contributed by atoms with Crippen molar-refractivity contribution in [3.63, 3.8) is 0 Å². The maximum absolute atomic E-state index is 12.8. The number of hydrogen-bond acceptors (Lipinski definition) is 4. The Kier molecular flexibility index (Phi) is 6.32. The van der Waals surface area contributed by atoms with Gasteiger partial charge in [-0.15, -0.1) is 0 Å². The van der Waals surface area contributed by atoms with Gasteiger partial charge in [-0.3, -0.25) is 9.48 Å².